The Labute approximate surface area is 155 Å². The number of piperazine rings is 1. The maximum Gasteiger partial charge on any atom is 0.223 e. The number of hydrogen-bond acceptors (Lipinski definition) is 4. The quantitative estimate of drug-likeness (QED) is 0.831. The first-order valence-electron chi connectivity index (χ1n) is 9.18. The summed E-state index contributed by atoms with van der Waals surface area (Å²) in [6.07, 6.45) is 0.355. The van der Waals surface area contributed by atoms with Crippen LogP contribution in [0, 0.1) is 0 Å². The van der Waals surface area contributed by atoms with Crippen LogP contribution in [-0.4, -0.2) is 50.6 Å². The topological polar surface area (TPSA) is 44.8 Å². The Bertz CT molecular complexity index is 680. The molecule has 0 unspecified atom stereocenters. The number of benzene rings is 2. The van der Waals surface area contributed by atoms with Crippen molar-refractivity contribution in [3.05, 3.63) is 60.2 Å². The highest BCUT2D eigenvalue weighted by Crippen LogP contribution is 2.17. The van der Waals surface area contributed by atoms with Crippen LogP contribution < -0.4 is 15.0 Å². The molecule has 2 aromatic carbocycles. The van der Waals surface area contributed by atoms with Gasteiger partial charge in [-0.3, -0.25) is 4.79 Å². The summed E-state index contributed by atoms with van der Waals surface area (Å²) in [5, 5.41) is 2.95. The molecule has 26 heavy (non-hydrogen) atoms. The minimum atomic E-state index is 0.00377. The van der Waals surface area contributed by atoms with Crippen molar-refractivity contribution in [1.29, 1.82) is 0 Å². The van der Waals surface area contributed by atoms with Crippen molar-refractivity contribution in [3.8, 4) is 5.75 Å². The van der Waals surface area contributed by atoms with Gasteiger partial charge < -0.3 is 19.9 Å². The second-order valence-corrected chi connectivity index (χ2v) is 6.65. The Hall–Kier alpha value is -2.53. The third-order valence-corrected chi connectivity index (χ3v) is 4.64. The molecule has 0 spiro atoms. The standard InChI is InChI=1S/C21H27N3O2/c1-23-12-14-24(15-13-23)19-9-7-18(8-10-19)17-22-21(25)11-16-26-20-5-3-2-4-6-20/h2-10H,11-17H2,1H3,(H,22,25). The van der Waals surface area contributed by atoms with Gasteiger partial charge in [0.1, 0.15) is 5.75 Å². The Morgan fingerprint density at radius 3 is 2.38 bits per heavy atom. The Morgan fingerprint density at radius 1 is 1.00 bits per heavy atom. The van der Waals surface area contributed by atoms with Gasteiger partial charge in [-0.05, 0) is 36.9 Å². The van der Waals surface area contributed by atoms with E-state index in [2.05, 4.69) is 46.4 Å². The zero-order valence-electron chi connectivity index (χ0n) is 15.4. The van der Waals surface area contributed by atoms with Gasteiger partial charge in [0.15, 0.2) is 0 Å². The van der Waals surface area contributed by atoms with Crippen molar-refractivity contribution in [2.45, 2.75) is 13.0 Å². The Balaban J connectivity index is 1.38. The molecular formula is C21H27N3O2. The third-order valence-electron chi connectivity index (χ3n) is 4.64. The van der Waals surface area contributed by atoms with E-state index in [1.54, 1.807) is 0 Å². The molecule has 0 aliphatic carbocycles. The van der Waals surface area contributed by atoms with Crippen LogP contribution in [-0.2, 0) is 11.3 Å². The molecule has 1 heterocycles. The van der Waals surface area contributed by atoms with Crippen molar-refractivity contribution in [1.82, 2.24) is 10.2 Å². The van der Waals surface area contributed by atoms with E-state index in [-0.39, 0.29) is 5.91 Å². The van der Waals surface area contributed by atoms with Crippen LogP contribution in [0.25, 0.3) is 0 Å². The van der Waals surface area contributed by atoms with Gasteiger partial charge >= 0.3 is 0 Å². The highest BCUT2D eigenvalue weighted by molar-refractivity contribution is 5.76. The molecule has 1 aliphatic heterocycles. The molecule has 1 amide bonds. The van der Waals surface area contributed by atoms with E-state index in [0.717, 1.165) is 37.5 Å². The molecule has 0 aromatic heterocycles. The van der Waals surface area contributed by atoms with Crippen LogP contribution in [0.2, 0.25) is 0 Å². The molecule has 3 rings (SSSR count). The second-order valence-electron chi connectivity index (χ2n) is 6.65. The minimum Gasteiger partial charge on any atom is -0.493 e. The van der Waals surface area contributed by atoms with E-state index in [9.17, 15) is 4.79 Å². The number of hydrogen-bond donors (Lipinski definition) is 1. The Morgan fingerprint density at radius 2 is 1.69 bits per heavy atom. The van der Waals surface area contributed by atoms with Gasteiger partial charge in [-0.25, -0.2) is 0 Å². The summed E-state index contributed by atoms with van der Waals surface area (Å²) >= 11 is 0. The second kappa shape index (κ2) is 9.25. The number of carbonyl (C=O) groups is 1. The summed E-state index contributed by atoms with van der Waals surface area (Å²) in [4.78, 5) is 16.7. The molecule has 0 saturated carbocycles. The summed E-state index contributed by atoms with van der Waals surface area (Å²) in [6, 6.07) is 18.0. The van der Waals surface area contributed by atoms with E-state index < -0.39 is 0 Å². The van der Waals surface area contributed by atoms with Crippen LogP contribution in [0.4, 0.5) is 5.69 Å². The number of rotatable bonds is 7. The van der Waals surface area contributed by atoms with Gasteiger partial charge in [-0.1, -0.05) is 30.3 Å². The number of nitrogens with zero attached hydrogens (tertiary/aromatic N) is 2. The van der Waals surface area contributed by atoms with E-state index in [1.807, 2.05) is 30.3 Å². The first kappa shape index (κ1) is 18.3. The highest BCUT2D eigenvalue weighted by atomic mass is 16.5. The van der Waals surface area contributed by atoms with Gasteiger partial charge in [0.25, 0.3) is 0 Å². The van der Waals surface area contributed by atoms with Crippen molar-refractivity contribution < 1.29 is 9.53 Å². The summed E-state index contributed by atoms with van der Waals surface area (Å²) in [7, 11) is 2.16. The van der Waals surface area contributed by atoms with Crippen LogP contribution in [0.15, 0.2) is 54.6 Å². The van der Waals surface area contributed by atoms with Gasteiger partial charge in [-0.2, -0.15) is 0 Å². The predicted octanol–water partition coefficient (Wildman–Crippen LogP) is 2.52. The van der Waals surface area contributed by atoms with Gasteiger partial charge in [-0.15, -0.1) is 0 Å². The molecule has 2 aromatic rings. The average Bonchev–Trinajstić information content (AvgIpc) is 2.68. The summed E-state index contributed by atoms with van der Waals surface area (Å²) in [5.74, 6) is 0.795. The fourth-order valence-electron chi connectivity index (χ4n) is 2.96. The van der Waals surface area contributed by atoms with E-state index in [1.165, 1.54) is 5.69 Å². The van der Waals surface area contributed by atoms with Crippen molar-refractivity contribution in [3.63, 3.8) is 0 Å². The molecule has 138 valence electrons. The molecule has 1 saturated heterocycles. The van der Waals surface area contributed by atoms with E-state index in [4.69, 9.17) is 4.74 Å². The van der Waals surface area contributed by atoms with Crippen molar-refractivity contribution in [2.24, 2.45) is 0 Å². The first-order chi connectivity index (χ1) is 12.7. The lowest BCUT2D eigenvalue weighted by atomic mass is 10.1. The molecular weight excluding hydrogens is 326 g/mol. The molecule has 0 atom stereocenters. The smallest absolute Gasteiger partial charge is 0.223 e. The Kier molecular flexibility index (Phi) is 6.50. The predicted molar refractivity (Wildman–Crippen MR) is 105 cm³/mol. The van der Waals surface area contributed by atoms with Crippen molar-refractivity contribution in [2.75, 3.05) is 44.7 Å². The highest BCUT2D eigenvalue weighted by Gasteiger charge is 2.13. The average molecular weight is 353 g/mol. The molecule has 5 nitrogen and oxygen atoms in total. The maximum absolute atomic E-state index is 11.9. The number of ether oxygens (including phenoxy) is 1. The lowest BCUT2D eigenvalue weighted by Gasteiger charge is -2.34. The number of amides is 1. The number of para-hydroxylation sites is 1. The monoisotopic (exact) mass is 353 g/mol. The summed E-state index contributed by atoms with van der Waals surface area (Å²) in [5.41, 5.74) is 2.37. The molecule has 1 N–H and O–H groups in total. The van der Waals surface area contributed by atoms with Gasteiger partial charge in [0.2, 0.25) is 5.91 Å². The van der Waals surface area contributed by atoms with Crippen LogP contribution in [0.1, 0.15) is 12.0 Å². The normalized spacial score (nSPS) is 14.9. The van der Waals surface area contributed by atoms with E-state index >= 15 is 0 Å². The van der Waals surface area contributed by atoms with Crippen LogP contribution >= 0.6 is 0 Å². The fraction of sp³-hybridized carbons (Fsp3) is 0.381. The lowest BCUT2D eigenvalue weighted by molar-refractivity contribution is -0.121. The SMILES string of the molecule is CN1CCN(c2ccc(CNC(=O)CCOc3ccccc3)cc2)CC1. The molecule has 5 heteroatoms. The molecule has 0 bridgehead atoms. The maximum atomic E-state index is 11.9. The number of carbonyl (C=O) groups excluding carboxylic acids is 1. The van der Waals surface area contributed by atoms with Crippen LogP contribution in [0.5, 0.6) is 5.75 Å². The lowest BCUT2D eigenvalue weighted by Crippen LogP contribution is -2.44. The summed E-state index contributed by atoms with van der Waals surface area (Å²) in [6.45, 7) is 5.26. The molecule has 1 fully saturated rings. The number of anilines is 1. The largest absolute Gasteiger partial charge is 0.493 e. The fourth-order valence-corrected chi connectivity index (χ4v) is 2.96. The zero-order valence-corrected chi connectivity index (χ0v) is 15.4. The minimum absolute atomic E-state index is 0.00377. The van der Waals surface area contributed by atoms with Gasteiger partial charge in [0, 0.05) is 38.4 Å². The number of likely N-dealkylation sites (N-methyl/N-ethyl adjacent to an activating group) is 1. The first-order valence-corrected chi connectivity index (χ1v) is 9.18. The number of nitrogens with one attached hydrogen (secondary N) is 1. The molecule has 1 aliphatic rings. The van der Waals surface area contributed by atoms with E-state index in [0.29, 0.717) is 19.6 Å². The van der Waals surface area contributed by atoms with Crippen LogP contribution in [0.3, 0.4) is 0 Å². The summed E-state index contributed by atoms with van der Waals surface area (Å²) < 4.78 is 5.55. The zero-order chi connectivity index (χ0) is 18.2. The van der Waals surface area contributed by atoms with Crippen molar-refractivity contribution >= 4 is 11.6 Å². The van der Waals surface area contributed by atoms with Gasteiger partial charge in [0.05, 0.1) is 13.0 Å². The molecule has 0 radical (unpaired) electrons. The third kappa shape index (κ3) is 5.49.